The molecular formula is C10H16N4O2. The van der Waals surface area contributed by atoms with Crippen LogP contribution in [0.4, 0.5) is 5.82 Å². The van der Waals surface area contributed by atoms with Crippen molar-refractivity contribution in [3.63, 3.8) is 0 Å². The van der Waals surface area contributed by atoms with Crippen molar-refractivity contribution in [3.05, 3.63) is 34.5 Å². The van der Waals surface area contributed by atoms with Crippen LogP contribution in [0.5, 0.6) is 0 Å². The number of nitrogens with zero attached hydrogens (tertiary/aromatic N) is 3. The van der Waals surface area contributed by atoms with Gasteiger partial charge in [-0.1, -0.05) is 13.5 Å². The van der Waals surface area contributed by atoms with Crippen molar-refractivity contribution in [1.29, 1.82) is 0 Å². The molecule has 0 fully saturated rings. The smallest absolute Gasteiger partial charge is 0.358 e. The summed E-state index contributed by atoms with van der Waals surface area (Å²) in [5.41, 5.74) is 0.950. The lowest BCUT2D eigenvalue weighted by Crippen LogP contribution is -2.19. The molecule has 0 saturated carbocycles. The summed E-state index contributed by atoms with van der Waals surface area (Å²) in [6.45, 7) is 8.13. The average Bonchev–Trinajstić information content (AvgIpc) is 2.66. The molecule has 0 radical (unpaired) electrons. The first-order valence-electron chi connectivity index (χ1n) is 5.18. The first kappa shape index (κ1) is 12.4. The number of rotatable bonds is 7. The summed E-state index contributed by atoms with van der Waals surface area (Å²) in [4.78, 5) is 9.90. The fraction of sp³-hybridized carbons (Fsp3) is 0.500. The minimum Gasteiger partial charge on any atom is -0.358 e. The van der Waals surface area contributed by atoms with Crippen molar-refractivity contribution in [2.24, 2.45) is 0 Å². The summed E-state index contributed by atoms with van der Waals surface area (Å²) >= 11 is 0. The highest BCUT2D eigenvalue weighted by Gasteiger charge is 2.10. The molecule has 0 bridgehead atoms. The maximum Gasteiger partial charge on any atom is 0.389 e. The molecule has 6 nitrogen and oxygen atoms in total. The standard InChI is InChI=1S/C10H16N4O2/c1-3-5-11-7-9(2)8-13-6-4-10(12-13)14(15)16/h4,6,11H,2-3,5,7-8H2,1H3. The predicted molar refractivity (Wildman–Crippen MR) is 61.2 cm³/mol. The van der Waals surface area contributed by atoms with E-state index in [9.17, 15) is 10.1 Å². The first-order chi connectivity index (χ1) is 7.63. The monoisotopic (exact) mass is 224 g/mol. The van der Waals surface area contributed by atoms with Gasteiger partial charge < -0.3 is 15.4 Å². The molecule has 0 aliphatic carbocycles. The van der Waals surface area contributed by atoms with E-state index in [-0.39, 0.29) is 5.82 Å². The molecule has 0 amide bonds. The molecule has 6 heteroatoms. The molecule has 1 heterocycles. The SMILES string of the molecule is C=C(CNCCC)Cn1ccc([N+](=O)[O-])n1. The summed E-state index contributed by atoms with van der Waals surface area (Å²) < 4.78 is 1.52. The highest BCUT2D eigenvalue weighted by molar-refractivity contribution is 5.14. The Bertz CT molecular complexity index is 373. The van der Waals surface area contributed by atoms with E-state index in [1.807, 2.05) is 0 Å². The van der Waals surface area contributed by atoms with Crippen LogP contribution in [0.25, 0.3) is 0 Å². The fourth-order valence-corrected chi connectivity index (χ4v) is 1.26. The second kappa shape index (κ2) is 6.02. The van der Waals surface area contributed by atoms with Gasteiger partial charge in [0.25, 0.3) is 0 Å². The van der Waals surface area contributed by atoms with Crippen LogP contribution in [0.1, 0.15) is 13.3 Å². The maximum atomic E-state index is 10.4. The van der Waals surface area contributed by atoms with Crippen LogP contribution in [-0.4, -0.2) is 27.8 Å². The van der Waals surface area contributed by atoms with Gasteiger partial charge in [-0.2, -0.15) is 4.68 Å². The quantitative estimate of drug-likeness (QED) is 0.328. The lowest BCUT2D eigenvalue weighted by molar-refractivity contribution is -0.389. The molecular weight excluding hydrogens is 208 g/mol. The van der Waals surface area contributed by atoms with Gasteiger partial charge in [-0.15, -0.1) is 0 Å². The summed E-state index contributed by atoms with van der Waals surface area (Å²) in [6.07, 6.45) is 2.66. The summed E-state index contributed by atoms with van der Waals surface area (Å²) in [7, 11) is 0. The zero-order valence-corrected chi connectivity index (χ0v) is 9.35. The second-order valence-corrected chi connectivity index (χ2v) is 3.56. The third kappa shape index (κ3) is 3.82. The van der Waals surface area contributed by atoms with Gasteiger partial charge in [0, 0.05) is 6.54 Å². The number of aromatic nitrogens is 2. The van der Waals surface area contributed by atoms with E-state index in [1.165, 1.54) is 10.7 Å². The van der Waals surface area contributed by atoms with Gasteiger partial charge in [0.2, 0.25) is 0 Å². The van der Waals surface area contributed by atoms with Gasteiger partial charge in [0.15, 0.2) is 0 Å². The highest BCUT2D eigenvalue weighted by Crippen LogP contribution is 2.06. The summed E-state index contributed by atoms with van der Waals surface area (Å²) in [5, 5.41) is 17.4. The van der Waals surface area contributed by atoms with Crippen molar-refractivity contribution in [3.8, 4) is 0 Å². The summed E-state index contributed by atoms with van der Waals surface area (Å²) in [6, 6.07) is 1.38. The van der Waals surface area contributed by atoms with Gasteiger partial charge in [-0.25, -0.2) is 0 Å². The van der Waals surface area contributed by atoms with E-state index in [1.54, 1.807) is 6.20 Å². The molecule has 1 N–H and O–H groups in total. The molecule has 1 aromatic rings. The van der Waals surface area contributed by atoms with Crippen LogP contribution in [0, 0.1) is 10.1 Å². The van der Waals surface area contributed by atoms with Crippen molar-refractivity contribution < 1.29 is 4.92 Å². The zero-order valence-electron chi connectivity index (χ0n) is 9.35. The first-order valence-corrected chi connectivity index (χ1v) is 5.18. The van der Waals surface area contributed by atoms with Crippen molar-refractivity contribution in [1.82, 2.24) is 15.1 Å². The number of nitrogens with one attached hydrogen (secondary N) is 1. The third-order valence-corrected chi connectivity index (χ3v) is 2.00. The molecule has 0 aromatic carbocycles. The van der Waals surface area contributed by atoms with Crippen LogP contribution in [0.3, 0.4) is 0 Å². The minimum absolute atomic E-state index is 0.130. The van der Waals surface area contributed by atoms with E-state index in [4.69, 9.17) is 0 Å². The van der Waals surface area contributed by atoms with Crippen LogP contribution < -0.4 is 5.32 Å². The van der Waals surface area contributed by atoms with Crippen LogP contribution in [0.15, 0.2) is 24.4 Å². The maximum absolute atomic E-state index is 10.4. The Morgan fingerprint density at radius 3 is 3.06 bits per heavy atom. The van der Waals surface area contributed by atoms with Gasteiger partial charge in [-0.05, 0) is 23.5 Å². The van der Waals surface area contributed by atoms with Gasteiger partial charge in [-0.3, -0.25) is 0 Å². The van der Waals surface area contributed by atoms with Crippen LogP contribution in [0.2, 0.25) is 0 Å². The van der Waals surface area contributed by atoms with E-state index in [0.717, 1.165) is 18.5 Å². The highest BCUT2D eigenvalue weighted by atomic mass is 16.6. The second-order valence-electron chi connectivity index (χ2n) is 3.56. The Labute approximate surface area is 94.1 Å². The minimum atomic E-state index is -0.505. The van der Waals surface area contributed by atoms with Crippen molar-refractivity contribution >= 4 is 5.82 Å². The molecule has 0 spiro atoms. The number of hydrogen-bond acceptors (Lipinski definition) is 4. The Morgan fingerprint density at radius 1 is 1.75 bits per heavy atom. The average molecular weight is 224 g/mol. The fourth-order valence-electron chi connectivity index (χ4n) is 1.26. The molecule has 1 rings (SSSR count). The van der Waals surface area contributed by atoms with E-state index in [2.05, 4.69) is 23.9 Å². The van der Waals surface area contributed by atoms with Crippen LogP contribution >= 0.6 is 0 Å². The molecule has 0 aliphatic heterocycles. The number of nitro groups is 1. The Hall–Kier alpha value is -1.69. The zero-order chi connectivity index (χ0) is 12.0. The number of hydrogen-bond donors (Lipinski definition) is 1. The van der Waals surface area contributed by atoms with E-state index in [0.29, 0.717) is 13.1 Å². The molecule has 0 atom stereocenters. The molecule has 88 valence electrons. The molecule has 1 aromatic heterocycles. The Morgan fingerprint density at radius 2 is 2.50 bits per heavy atom. The van der Waals surface area contributed by atoms with E-state index < -0.39 is 4.92 Å². The largest absolute Gasteiger partial charge is 0.389 e. The lowest BCUT2D eigenvalue weighted by atomic mass is 10.3. The Balaban J connectivity index is 2.40. The van der Waals surface area contributed by atoms with Gasteiger partial charge in [0.1, 0.15) is 0 Å². The topological polar surface area (TPSA) is 73.0 Å². The van der Waals surface area contributed by atoms with Gasteiger partial charge >= 0.3 is 5.82 Å². The van der Waals surface area contributed by atoms with Crippen LogP contribution in [-0.2, 0) is 6.54 Å². The Kier molecular flexibility index (Phi) is 4.65. The van der Waals surface area contributed by atoms with Gasteiger partial charge in [0.05, 0.1) is 23.9 Å². The summed E-state index contributed by atoms with van der Waals surface area (Å²) in [5.74, 6) is -0.130. The predicted octanol–water partition coefficient (Wildman–Crippen LogP) is 1.35. The third-order valence-electron chi connectivity index (χ3n) is 2.00. The molecule has 0 saturated heterocycles. The molecule has 16 heavy (non-hydrogen) atoms. The lowest BCUT2D eigenvalue weighted by Gasteiger charge is -2.04. The van der Waals surface area contributed by atoms with E-state index >= 15 is 0 Å². The van der Waals surface area contributed by atoms with Crippen molar-refractivity contribution in [2.75, 3.05) is 13.1 Å². The van der Waals surface area contributed by atoms with Crippen molar-refractivity contribution in [2.45, 2.75) is 19.9 Å². The molecule has 0 unspecified atom stereocenters. The normalized spacial score (nSPS) is 10.3. The molecule has 0 aliphatic rings.